The Morgan fingerprint density at radius 2 is 2.06 bits per heavy atom. The van der Waals surface area contributed by atoms with Crippen LogP contribution in [-0.2, 0) is 6.54 Å². The van der Waals surface area contributed by atoms with E-state index in [1.165, 1.54) is 10.4 Å². The van der Waals surface area contributed by atoms with Crippen LogP contribution in [0, 0.1) is 6.92 Å². The van der Waals surface area contributed by atoms with Gasteiger partial charge in [0.25, 0.3) is 0 Å². The van der Waals surface area contributed by atoms with Crippen LogP contribution in [0.2, 0.25) is 0 Å². The summed E-state index contributed by atoms with van der Waals surface area (Å²) in [5.74, 6) is 0. The van der Waals surface area contributed by atoms with Crippen LogP contribution < -0.4 is 5.32 Å². The van der Waals surface area contributed by atoms with Gasteiger partial charge in [-0.2, -0.15) is 0 Å². The van der Waals surface area contributed by atoms with Gasteiger partial charge in [-0.25, -0.2) is 4.98 Å². The number of thiazole rings is 1. The van der Waals surface area contributed by atoms with E-state index in [0.29, 0.717) is 6.04 Å². The van der Waals surface area contributed by atoms with Gasteiger partial charge in [0.2, 0.25) is 0 Å². The van der Waals surface area contributed by atoms with E-state index in [1.54, 1.807) is 11.3 Å². The first-order valence-electron chi connectivity index (χ1n) is 5.99. The third-order valence-electron chi connectivity index (χ3n) is 2.80. The van der Waals surface area contributed by atoms with Gasteiger partial charge in [-0.3, -0.25) is 0 Å². The van der Waals surface area contributed by atoms with Gasteiger partial charge in [-0.15, -0.1) is 11.3 Å². The van der Waals surface area contributed by atoms with Crippen molar-refractivity contribution in [3.63, 3.8) is 0 Å². The Hall–Kier alpha value is -1.19. The zero-order chi connectivity index (χ0) is 12.1. The van der Waals surface area contributed by atoms with Crippen LogP contribution in [0.4, 0.5) is 0 Å². The van der Waals surface area contributed by atoms with Gasteiger partial charge in [0, 0.05) is 23.7 Å². The van der Waals surface area contributed by atoms with Crippen molar-refractivity contribution < 1.29 is 0 Å². The highest BCUT2D eigenvalue weighted by Crippen LogP contribution is 2.18. The number of aromatic nitrogens is 1. The lowest BCUT2D eigenvalue weighted by Gasteiger charge is -2.16. The first-order chi connectivity index (χ1) is 8.29. The Balaban J connectivity index is 1.97. The summed E-state index contributed by atoms with van der Waals surface area (Å²) < 4.78 is 0. The van der Waals surface area contributed by atoms with Crippen LogP contribution >= 0.6 is 11.3 Å². The second-order valence-corrected chi connectivity index (χ2v) is 5.42. The van der Waals surface area contributed by atoms with Crippen LogP contribution in [0.3, 0.4) is 0 Å². The van der Waals surface area contributed by atoms with Gasteiger partial charge in [0.15, 0.2) is 0 Å². The fraction of sp³-hybridized carbons (Fsp3) is 0.357. The van der Waals surface area contributed by atoms with Crippen molar-refractivity contribution >= 4 is 11.3 Å². The minimum Gasteiger partial charge on any atom is -0.305 e. The van der Waals surface area contributed by atoms with Gasteiger partial charge < -0.3 is 5.32 Å². The van der Waals surface area contributed by atoms with Crippen LogP contribution in [-0.4, -0.2) is 4.98 Å². The fourth-order valence-corrected chi connectivity index (χ4v) is 2.64. The standard InChI is InChI=1S/C14H18N2S/c1-3-14(12-7-5-4-6-8-12)16-10-13-9-15-11(2)17-13/h4-9,14,16H,3,10H2,1-2H3. The Morgan fingerprint density at radius 3 is 2.65 bits per heavy atom. The molecule has 17 heavy (non-hydrogen) atoms. The molecule has 0 radical (unpaired) electrons. The molecule has 0 saturated heterocycles. The summed E-state index contributed by atoms with van der Waals surface area (Å²) in [4.78, 5) is 5.57. The normalized spacial score (nSPS) is 12.6. The Bertz CT molecular complexity index is 450. The number of nitrogens with one attached hydrogen (secondary N) is 1. The molecule has 90 valence electrons. The molecule has 2 rings (SSSR count). The molecule has 1 atom stereocenters. The maximum absolute atomic E-state index is 4.27. The average Bonchev–Trinajstić information content (AvgIpc) is 2.77. The maximum Gasteiger partial charge on any atom is 0.0897 e. The third kappa shape index (κ3) is 3.38. The SMILES string of the molecule is CCC(NCc1cnc(C)s1)c1ccccc1. The van der Waals surface area contributed by atoms with E-state index in [9.17, 15) is 0 Å². The van der Waals surface area contributed by atoms with E-state index in [-0.39, 0.29) is 0 Å². The molecule has 1 aromatic heterocycles. The summed E-state index contributed by atoms with van der Waals surface area (Å²) in [6, 6.07) is 11.0. The molecule has 0 aliphatic rings. The Kier molecular flexibility index (Phi) is 4.29. The highest BCUT2D eigenvalue weighted by atomic mass is 32.1. The average molecular weight is 246 g/mol. The predicted octanol–water partition coefficient (Wildman–Crippen LogP) is 3.69. The highest BCUT2D eigenvalue weighted by molar-refractivity contribution is 7.11. The number of hydrogen-bond donors (Lipinski definition) is 1. The Labute approximate surface area is 107 Å². The predicted molar refractivity (Wildman–Crippen MR) is 73.2 cm³/mol. The lowest BCUT2D eigenvalue weighted by Crippen LogP contribution is -2.19. The summed E-state index contributed by atoms with van der Waals surface area (Å²) in [7, 11) is 0. The minimum atomic E-state index is 0.429. The van der Waals surface area contributed by atoms with Gasteiger partial charge in [-0.1, -0.05) is 37.3 Å². The van der Waals surface area contributed by atoms with Crippen molar-refractivity contribution in [1.82, 2.24) is 10.3 Å². The van der Waals surface area contributed by atoms with E-state index >= 15 is 0 Å². The molecule has 1 heterocycles. The fourth-order valence-electron chi connectivity index (χ4n) is 1.89. The number of benzene rings is 1. The van der Waals surface area contributed by atoms with Gasteiger partial charge >= 0.3 is 0 Å². The molecule has 0 bridgehead atoms. The second-order valence-electron chi connectivity index (χ2n) is 4.10. The molecule has 3 heteroatoms. The smallest absolute Gasteiger partial charge is 0.0897 e. The molecular formula is C14H18N2S. The molecular weight excluding hydrogens is 228 g/mol. The Morgan fingerprint density at radius 1 is 1.29 bits per heavy atom. The van der Waals surface area contributed by atoms with E-state index < -0.39 is 0 Å². The van der Waals surface area contributed by atoms with Crippen LogP contribution in [0.15, 0.2) is 36.5 Å². The molecule has 0 spiro atoms. The topological polar surface area (TPSA) is 24.9 Å². The van der Waals surface area contributed by atoms with Crippen molar-refractivity contribution in [2.24, 2.45) is 0 Å². The zero-order valence-corrected chi connectivity index (χ0v) is 11.1. The molecule has 1 unspecified atom stereocenters. The first-order valence-corrected chi connectivity index (χ1v) is 6.81. The largest absolute Gasteiger partial charge is 0.305 e. The number of rotatable bonds is 5. The molecule has 1 aromatic carbocycles. The molecule has 0 fully saturated rings. The summed E-state index contributed by atoms with van der Waals surface area (Å²) >= 11 is 1.76. The quantitative estimate of drug-likeness (QED) is 0.870. The van der Waals surface area contributed by atoms with Crippen molar-refractivity contribution in [2.45, 2.75) is 32.9 Å². The third-order valence-corrected chi connectivity index (χ3v) is 3.71. The molecule has 0 amide bonds. The molecule has 0 saturated carbocycles. The van der Waals surface area contributed by atoms with Gasteiger partial charge in [0.1, 0.15) is 0 Å². The second kappa shape index (κ2) is 5.94. The number of hydrogen-bond acceptors (Lipinski definition) is 3. The van der Waals surface area contributed by atoms with Crippen LogP contribution in [0.1, 0.15) is 34.8 Å². The molecule has 2 nitrogen and oxygen atoms in total. The summed E-state index contributed by atoms with van der Waals surface area (Å²) in [6.07, 6.45) is 3.06. The van der Waals surface area contributed by atoms with Crippen molar-refractivity contribution in [2.75, 3.05) is 0 Å². The van der Waals surface area contributed by atoms with E-state index in [2.05, 4.69) is 47.6 Å². The highest BCUT2D eigenvalue weighted by Gasteiger charge is 2.08. The monoisotopic (exact) mass is 246 g/mol. The minimum absolute atomic E-state index is 0.429. The van der Waals surface area contributed by atoms with Gasteiger partial charge in [-0.05, 0) is 18.9 Å². The maximum atomic E-state index is 4.27. The van der Waals surface area contributed by atoms with E-state index in [1.807, 2.05) is 13.1 Å². The zero-order valence-electron chi connectivity index (χ0n) is 10.3. The van der Waals surface area contributed by atoms with Crippen molar-refractivity contribution in [3.05, 3.63) is 52.0 Å². The summed E-state index contributed by atoms with van der Waals surface area (Å²) in [5, 5.41) is 4.72. The van der Waals surface area contributed by atoms with Crippen LogP contribution in [0.5, 0.6) is 0 Å². The number of aryl methyl sites for hydroxylation is 1. The lowest BCUT2D eigenvalue weighted by molar-refractivity contribution is 0.521. The van der Waals surface area contributed by atoms with Crippen molar-refractivity contribution in [1.29, 1.82) is 0 Å². The summed E-state index contributed by atoms with van der Waals surface area (Å²) in [6.45, 7) is 5.16. The molecule has 0 aliphatic heterocycles. The van der Waals surface area contributed by atoms with Gasteiger partial charge in [0.05, 0.1) is 5.01 Å². The number of nitrogens with zero attached hydrogens (tertiary/aromatic N) is 1. The molecule has 1 N–H and O–H groups in total. The molecule has 0 aliphatic carbocycles. The van der Waals surface area contributed by atoms with Crippen LogP contribution in [0.25, 0.3) is 0 Å². The first kappa shape index (κ1) is 12.3. The van der Waals surface area contributed by atoms with E-state index in [4.69, 9.17) is 0 Å². The summed E-state index contributed by atoms with van der Waals surface area (Å²) in [5.41, 5.74) is 1.36. The van der Waals surface area contributed by atoms with Crippen molar-refractivity contribution in [3.8, 4) is 0 Å². The molecule has 2 aromatic rings. The van der Waals surface area contributed by atoms with E-state index in [0.717, 1.165) is 18.0 Å². The lowest BCUT2D eigenvalue weighted by atomic mass is 10.0.